The molecular weight excluding hydrogens is 609 g/mol. The molecule has 0 spiro atoms. The summed E-state index contributed by atoms with van der Waals surface area (Å²) in [6.45, 7) is 5.69. The van der Waals surface area contributed by atoms with E-state index in [2.05, 4.69) is 17.5 Å². The van der Waals surface area contributed by atoms with E-state index < -0.39 is 44.5 Å². The first-order valence-electron chi connectivity index (χ1n) is 13.7. The smallest absolute Gasteiger partial charge is 0.419 e. The van der Waals surface area contributed by atoms with Gasteiger partial charge in [-0.3, -0.25) is 9.36 Å². The SMILES string of the molecule is CO[Si]1CCO[C@H](C(=O)NC(C#N)Cc2cc3sc(-c4ccc5oc(=O)n(C)c5c4)cc3s2)CN(C(=O)OC(C)(C)C)C1. The van der Waals surface area contributed by atoms with E-state index in [0.29, 0.717) is 30.8 Å². The molecule has 4 heterocycles. The van der Waals surface area contributed by atoms with Crippen molar-refractivity contribution in [2.75, 3.05) is 26.4 Å². The highest BCUT2D eigenvalue weighted by molar-refractivity contribution is 7.29. The highest BCUT2D eigenvalue weighted by Gasteiger charge is 2.34. The minimum atomic E-state index is -1.35. The molecule has 4 aromatic rings. The number of thiophene rings is 2. The summed E-state index contributed by atoms with van der Waals surface area (Å²) in [5.41, 5.74) is 1.57. The highest BCUT2D eigenvalue weighted by Crippen LogP contribution is 2.39. The largest absolute Gasteiger partial charge is 0.444 e. The minimum Gasteiger partial charge on any atom is -0.444 e. The molecule has 5 rings (SSSR count). The summed E-state index contributed by atoms with van der Waals surface area (Å²) in [4.78, 5) is 41.5. The van der Waals surface area contributed by atoms with Crippen molar-refractivity contribution in [3.05, 3.63) is 45.8 Å². The molecule has 2 amide bonds. The number of nitrogens with one attached hydrogen (secondary N) is 1. The fraction of sp³-hybridized carbons (Fsp3) is 0.448. The van der Waals surface area contributed by atoms with Crippen LogP contribution in [0, 0.1) is 11.3 Å². The van der Waals surface area contributed by atoms with E-state index in [1.165, 1.54) is 9.47 Å². The minimum absolute atomic E-state index is 0.00665. The third-order valence-electron chi connectivity index (χ3n) is 6.90. The van der Waals surface area contributed by atoms with Gasteiger partial charge in [-0.05, 0) is 62.7 Å². The highest BCUT2D eigenvalue weighted by atomic mass is 32.1. The van der Waals surface area contributed by atoms with Gasteiger partial charge in [0.2, 0.25) is 9.04 Å². The summed E-state index contributed by atoms with van der Waals surface area (Å²) in [6, 6.07) is 11.8. The second-order valence-electron chi connectivity index (χ2n) is 11.3. The number of rotatable bonds is 6. The van der Waals surface area contributed by atoms with E-state index in [-0.39, 0.29) is 6.54 Å². The molecule has 227 valence electrons. The lowest BCUT2D eigenvalue weighted by atomic mass is 10.1. The van der Waals surface area contributed by atoms with Crippen molar-refractivity contribution >= 4 is 64.2 Å². The molecule has 1 radical (unpaired) electrons. The Morgan fingerprint density at radius 1 is 1.23 bits per heavy atom. The monoisotopic (exact) mass is 641 g/mol. The number of hydrogen-bond acceptors (Lipinski definition) is 10. The van der Waals surface area contributed by atoms with Gasteiger partial charge in [0.1, 0.15) is 11.6 Å². The number of carbonyl (C=O) groups excluding carboxylic acids is 2. The predicted octanol–water partition coefficient (Wildman–Crippen LogP) is 4.44. The first-order valence-corrected chi connectivity index (χ1v) is 17.2. The van der Waals surface area contributed by atoms with E-state index >= 15 is 0 Å². The Morgan fingerprint density at radius 2 is 2.00 bits per heavy atom. The molecule has 1 aliphatic rings. The van der Waals surface area contributed by atoms with Crippen molar-refractivity contribution in [3.8, 4) is 16.5 Å². The normalized spacial score (nSPS) is 17.4. The average molecular weight is 642 g/mol. The van der Waals surface area contributed by atoms with Crippen LogP contribution in [-0.4, -0.2) is 74.7 Å². The van der Waals surface area contributed by atoms with E-state index in [1.54, 1.807) is 63.7 Å². The molecule has 3 aromatic heterocycles. The topological polar surface area (TPSA) is 136 Å². The summed E-state index contributed by atoms with van der Waals surface area (Å²) in [5, 5.41) is 12.7. The second kappa shape index (κ2) is 12.6. The Kier molecular flexibility index (Phi) is 9.09. The van der Waals surface area contributed by atoms with Gasteiger partial charge in [-0.25, -0.2) is 9.59 Å². The first-order chi connectivity index (χ1) is 20.4. The maximum absolute atomic E-state index is 13.3. The molecule has 0 saturated carbocycles. The number of nitriles is 1. The molecule has 1 saturated heterocycles. The number of aromatic nitrogens is 1. The molecule has 1 fully saturated rings. The van der Waals surface area contributed by atoms with Crippen molar-refractivity contribution in [3.63, 3.8) is 0 Å². The van der Waals surface area contributed by atoms with E-state index in [1.807, 2.05) is 18.2 Å². The molecule has 1 aliphatic heterocycles. The van der Waals surface area contributed by atoms with Crippen LogP contribution in [0.15, 0.2) is 39.5 Å². The van der Waals surface area contributed by atoms with Crippen LogP contribution in [-0.2, 0) is 32.2 Å². The summed E-state index contributed by atoms with van der Waals surface area (Å²) in [5.74, 6) is -0.844. The fourth-order valence-electron chi connectivity index (χ4n) is 4.72. The summed E-state index contributed by atoms with van der Waals surface area (Å²) < 4.78 is 25.9. The van der Waals surface area contributed by atoms with Crippen LogP contribution in [0.3, 0.4) is 0 Å². The zero-order valence-corrected chi connectivity index (χ0v) is 27.2. The van der Waals surface area contributed by atoms with Gasteiger partial charge in [-0.1, -0.05) is 0 Å². The Balaban J connectivity index is 1.26. The van der Waals surface area contributed by atoms with Crippen LogP contribution in [0.2, 0.25) is 6.04 Å². The summed E-state index contributed by atoms with van der Waals surface area (Å²) >= 11 is 3.19. The van der Waals surface area contributed by atoms with Crippen LogP contribution in [0.1, 0.15) is 25.6 Å². The molecule has 0 bridgehead atoms. The standard InChI is InChI=1S/C29H33N4O7S2Si/c1-29(2,3)40-28(36)33-15-22(38-8-9-43(16-33)37-5)26(34)31-18(14-30)11-19-12-24-25(41-19)13-23(42-24)17-6-7-21-20(10-17)32(4)27(35)39-21/h6-7,10,12-13,18,22H,8-9,11,15-16H2,1-5H3,(H,31,34)/t18?,22-/m0/s1. The van der Waals surface area contributed by atoms with Crippen molar-refractivity contribution in [2.24, 2.45) is 7.05 Å². The number of benzene rings is 1. The molecular formula is C29H33N4O7S2Si. The maximum atomic E-state index is 13.3. The van der Waals surface area contributed by atoms with Crippen molar-refractivity contribution in [1.29, 1.82) is 5.26 Å². The van der Waals surface area contributed by atoms with Gasteiger partial charge in [0.15, 0.2) is 11.7 Å². The van der Waals surface area contributed by atoms with Gasteiger partial charge in [0.05, 0.1) is 18.1 Å². The molecule has 14 heteroatoms. The number of nitrogens with zero attached hydrogens (tertiary/aromatic N) is 3. The Morgan fingerprint density at radius 3 is 2.70 bits per heavy atom. The number of fused-ring (bicyclic) bond motifs is 2. The van der Waals surface area contributed by atoms with Crippen LogP contribution in [0.5, 0.6) is 0 Å². The number of carbonyl (C=O) groups is 2. The van der Waals surface area contributed by atoms with Gasteiger partial charge in [0.25, 0.3) is 5.91 Å². The quantitative estimate of drug-likeness (QED) is 0.305. The van der Waals surface area contributed by atoms with E-state index in [9.17, 15) is 19.6 Å². The number of hydrogen-bond donors (Lipinski definition) is 1. The van der Waals surface area contributed by atoms with Crippen molar-refractivity contribution in [1.82, 2.24) is 14.8 Å². The van der Waals surface area contributed by atoms with Gasteiger partial charge in [-0.15, -0.1) is 22.7 Å². The number of aryl methyl sites for hydroxylation is 1. The molecule has 43 heavy (non-hydrogen) atoms. The summed E-state index contributed by atoms with van der Waals surface area (Å²) in [6.07, 6.45) is -0.761. The van der Waals surface area contributed by atoms with Gasteiger partial charge in [-0.2, -0.15) is 5.26 Å². The van der Waals surface area contributed by atoms with Crippen LogP contribution in [0.4, 0.5) is 4.79 Å². The predicted molar refractivity (Wildman–Crippen MR) is 167 cm³/mol. The molecule has 2 atom stereocenters. The van der Waals surface area contributed by atoms with Crippen LogP contribution in [0.25, 0.3) is 30.9 Å². The van der Waals surface area contributed by atoms with Crippen molar-refractivity contribution < 1.29 is 27.9 Å². The number of oxazole rings is 1. The van der Waals surface area contributed by atoms with Gasteiger partial charge < -0.3 is 28.5 Å². The molecule has 0 aliphatic carbocycles. The van der Waals surface area contributed by atoms with Crippen LogP contribution < -0.4 is 11.1 Å². The molecule has 1 aromatic carbocycles. The lowest BCUT2D eigenvalue weighted by Crippen LogP contribution is -2.53. The van der Waals surface area contributed by atoms with Crippen molar-refractivity contribution in [2.45, 2.75) is 51.0 Å². The molecule has 1 unspecified atom stereocenters. The Labute approximate surface area is 258 Å². The molecule has 1 N–H and O–H groups in total. The van der Waals surface area contributed by atoms with E-state index in [0.717, 1.165) is 30.2 Å². The molecule has 11 nitrogen and oxygen atoms in total. The van der Waals surface area contributed by atoms with Gasteiger partial charge in [0, 0.05) is 52.5 Å². The third-order valence-corrected chi connectivity index (χ3v) is 11.3. The average Bonchev–Trinajstić information content (AvgIpc) is 3.58. The lowest BCUT2D eigenvalue weighted by molar-refractivity contribution is -0.134. The van der Waals surface area contributed by atoms with Gasteiger partial charge >= 0.3 is 11.8 Å². The third kappa shape index (κ3) is 7.19. The fourth-order valence-corrected chi connectivity index (χ4v) is 8.70. The summed E-state index contributed by atoms with van der Waals surface area (Å²) in [7, 11) is 1.95. The maximum Gasteiger partial charge on any atom is 0.419 e. The van der Waals surface area contributed by atoms with Crippen LogP contribution >= 0.6 is 22.7 Å². The first kappa shape index (κ1) is 31.0. The number of ether oxygens (including phenoxy) is 2. The van der Waals surface area contributed by atoms with E-state index in [4.69, 9.17) is 18.3 Å². The Hall–Kier alpha value is -3.48. The number of amides is 2. The Bertz CT molecular complexity index is 1710. The zero-order chi connectivity index (χ0) is 30.9. The second-order valence-corrected chi connectivity index (χ2v) is 15.8. The zero-order valence-electron chi connectivity index (χ0n) is 24.6. The lowest BCUT2D eigenvalue weighted by Gasteiger charge is -2.33.